The van der Waals surface area contributed by atoms with Gasteiger partial charge in [-0.1, -0.05) is 6.07 Å². The van der Waals surface area contributed by atoms with Crippen LogP contribution in [0.25, 0.3) is 0 Å². The Morgan fingerprint density at radius 1 is 1.32 bits per heavy atom. The predicted molar refractivity (Wildman–Crippen MR) is 71.1 cm³/mol. The van der Waals surface area contributed by atoms with Gasteiger partial charge in [-0.25, -0.2) is 4.68 Å². The van der Waals surface area contributed by atoms with E-state index in [0.717, 1.165) is 5.75 Å². The van der Waals surface area contributed by atoms with Gasteiger partial charge in [-0.05, 0) is 12.1 Å². The van der Waals surface area contributed by atoms with E-state index >= 15 is 0 Å². The monoisotopic (exact) mass is 263 g/mol. The summed E-state index contributed by atoms with van der Waals surface area (Å²) in [5.74, 6) is 1.95. The Morgan fingerprint density at radius 3 is 2.84 bits per heavy atom. The van der Waals surface area contributed by atoms with Gasteiger partial charge in [0, 0.05) is 12.1 Å². The second-order valence-corrected chi connectivity index (χ2v) is 3.97. The molecule has 6 nitrogen and oxygen atoms in total. The minimum atomic E-state index is 0.00204. The molecule has 19 heavy (non-hydrogen) atoms. The number of aromatic nitrogens is 2. The van der Waals surface area contributed by atoms with Crippen LogP contribution in [-0.4, -0.2) is 28.6 Å². The maximum atomic E-state index is 8.86. The summed E-state index contributed by atoms with van der Waals surface area (Å²) in [5, 5.41) is 13.1. The van der Waals surface area contributed by atoms with E-state index in [1.165, 1.54) is 0 Å². The third kappa shape index (κ3) is 3.38. The largest absolute Gasteiger partial charge is 0.497 e. The van der Waals surface area contributed by atoms with Crippen molar-refractivity contribution < 1.29 is 14.6 Å². The fourth-order valence-corrected chi connectivity index (χ4v) is 1.68. The van der Waals surface area contributed by atoms with E-state index < -0.39 is 0 Å². The molecule has 0 aliphatic carbocycles. The van der Waals surface area contributed by atoms with E-state index in [1.807, 2.05) is 18.2 Å². The van der Waals surface area contributed by atoms with E-state index in [9.17, 15) is 0 Å². The van der Waals surface area contributed by atoms with E-state index in [0.29, 0.717) is 30.4 Å². The molecule has 3 N–H and O–H groups in total. The molecule has 1 aromatic heterocycles. The smallest absolute Gasteiger partial charge is 0.132 e. The zero-order chi connectivity index (χ0) is 13.7. The third-order valence-corrected chi connectivity index (χ3v) is 2.60. The van der Waals surface area contributed by atoms with Gasteiger partial charge in [-0.3, -0.25) is 0 Å². The molecule has 0 unspecified atom stereocenters. The second-order valence-electron chi connectivity index (χ2n) is 3.97. The summed E-state index contributed by atoms with van der Waals surface area (Å²) in [4.78, 5) is 0. The summed E-state index contributed by atoms with van der Waals surface area (Å²) in [6.45, 7) is 0.697. The first kappa shape index (κ1) is 13.2. The minimum Gasteiger partial charge on any atom is -0.497 e. The van der Waals surface area contributed by atoms with Crippen LogP contribution in [0.1, 0.15) is 5.69 Å². The van der Waals surface area contributed by atoms with Gasteiger partial charge in [0.1, 0.15) is 29.6 Å². The zero-order valence-electron chi connectivity index (χ0n) is 10.7. The summed E-state index contributed by atoms with van der Waals surface area (Å²) in [6.07, 6.45) is 0. The zero-order valence-corrected chi connectivity index (χ0v) is 10.7. The molecular weight excluding hydrogens is 246 g/mol. The van der Waals surface area contributed by atoms with Gasteiger partial charge in [0.2, 0.25) is 0 Å². The van der Waals surface area contributed by atoms with Crippen molar-refractivity contribution in [3.8, 4) is 11.5 Å². The molecule has 1 heterocycles. The standard InChI is InChI=1S/C13H17N3O3/c1-18-11-3-2-4-12(8-11)19-9-10-7-13(14)16(15-10)5-6-17/h2-4,7-8,17H,5-6,9,14H2,1H3. The molecular formula is C13H17N3O3. The number of rotatable bonds is 6. The van der Waals surface area contributed by atoms with Crippen molar-refractivity contribution in [2.75, 3.05) is 19.5 Å². The van der Waals surface area contributed by atoms with Crippen LogP contribution in [0.2, 0.25) is 0 Å². The average molecular weight is 263 g/mol. The first-order chi connectivity index (χ1) is 9.22. The number of anilines is 1. The van der Waals surface area contributed by atoms with E-state index in [-0.39, 0.29) is 6.61 Å². The number of benzene rings is 1. The van der Waals surface area contributed by atoms with Gasteiger partial charge in [-0.15, -0.1) is 0 Å². The van der Waals surface area contributed by atoms with Gasteiger partial charge in [-0.2, -0.15) is 5.10 Å². The van der Waals surface area contributed by atoms with Crippen LogP contribution < -0.4 is 15.2 Å². The molecule has 0 fully saturated rings. The lowest BCUT2D eigenvalue weighted by molar-refractivity contribution is 0.266. The lowest BCUT2D eigenvalue weighted by Crippen LogP contribution is -2.08. The predicted octanol–water partition coefficient (Wildman–Crippen LogP) is 1.05. The molecule has 0 spiro atoms. The second kappa shape index (κ2) is 6.10. The van der Waals surface area contributed by atoms with Crippen molar-refractivity contribution in [2.45, 2.75) is 13.2 Å². The van der Waals surface area contributed by atoms with Crippen LogP contribution in [-0.2, 0) is 13.2 Å². The quantitative estimate of drug-likeness (QED) is 0.814. The highest BCUT2D eigenvalue weighted by atomic mass is 16.5. The Morgan fingerprint density at radius 2 is 2.11 bits per heavy atom. The van der Waals surface area contributed by atoms with Crippen LogP contribution in [0.15, 0.2) is 30.3 Å². The molecule has 0 aliphatic rings. The Bertz CT molecular complexity index is 540. The Labute approximate surface area is 111 Å². The van der Waals surface area contributed by atoms with Crippen LogP contribution >= 0.6 is 0 Å². The van der Waals surface area contributed by atoms with Crippen molar-refractivity contribution >= 4 is 5.82 Å². The minimum absolute atomic E-state index is 0.00204. The average Bonchev–Trinajstić information content (AvgIpc) is 2.78. The fraction of sp³-hybridized carbons (Fsp3) is 0.308. The number of nitrogens with zero attached hydrogens (tertiary/aromatic N) is 2. The molecule has 2 aromatic rings. The summed E-state index contributed by atoms with van der Waals surface area (Å²) < 4.78 is 12.3. The van der Waals surface area contributed by atoms with Gasteiger partial charge >= 0.3 is 0 Å². The number of nitrogens with two attached hydrogens (primary N) is 1. The molecule has 0 bridgehead atoms. The first-order valence-corrected chi connectivity index (χ1v) is 5.93. The summed E-state index contributed by atoms with van der Waals surface area (Å²) in [6, 6.07) is 9.08. The first-order valence-electron chi connectivity index (χ1n) is 5.93. The van der Waals surface area contributed by atoms with Crippen LogP contribution in [0.4, 0.5) is 5.82 Å². The molecule has 0 amide bonds. The van der Waals surface area contributed by atoms with Gasteiger partial charge in [0.25, 0.3) is 0 Å². The Hall–Kier alpha value is -2.21. The lowest BCUT2D eigenvalue weighted by atomic mass is 10.3. The number of hydrogen-bond donors (Lipinski definition) is 2. The van der Waals surface area contributed by atoms with Crippen molar-refractivity contribution in [3.05, 3.63) is 36.0 Å². The van der Waals surface area contributed by atoms with Gasteiger partial charge in [0.15, 0.2) is 0 Å². The molecule has 2 rings (SSSR count). The third-order valence-electron chi connectivity index (χ3n) is 2.60. The molecule has 102 valence electrons. The summed E-state index contributed by atoms with van der Waals surface area (Å²) >= 11 is 0. The Balaban J connectivity index is 1.99. The molecule has 0 aliphatic heterocycles. The molecule has 0 radical (unpaired) electrons. The number of aliphatic hydroxyl groups is 1. The van der Waals surface area contributed by atoms with Crippen molar-refractivity contribution in [3.63, 3.8) is 0 Å². The maximum absolute atomic E-state index is 8.86. The maximum Gasteiger partial charge on any atom is 0.132 e. The number of nitrogen functional groups attached to an aromatic ring is 1. The van der Waals surface area contributed by atoms with Crippen molar-refractivity contribution in [2.24, 2.45) is 0 Å². The molecule has 0 saturated carbocycles. The SMILES string of the molecule is COc1cccc(OCc2cc(N)n(CCO)n2)c1. The van der Waals surface area contributed by atoms with Crippen molar-refractivity contribution in [1.29, 1.82) is 0 Å². The highest BCUT2D eigenvalue weighted by molar-refractivity contribution is 5.34. The molecule has 6 heteroatoms. The van der Waals surface area contributed by atoms with Gasteiger partial charge < -0.3 is 20.3 Å². The van der Waals surface area contributed by atoms with E-state index in [4.69, 9.17) is 20.3 Å². The normalized spacial score (nSPS) is 10.4. The molecule has 0 atom stereocenters. The highest BCUT2D eigenvalue weighted by Crippen LogP contribution is 2.20. The summed E-state index contributed by atoms with van der Waals surface area (Å²) in [7, 11) is 1.61. The van der Waals surface area contributed by atoms with E-state index in [2.05, 4.69) is 5.10 Å². The number of methoxy groups -OCH3 is 1. The molecule has 0 saturated heterocycles. The van der Waals surface area contributed by atoms with Crippen LogP contribution in [0, 0.1) is 0 Å². The van der Waals surface area contributed by atoms with Crippen molar-refractivity contribution in [1.82, 2.24) is 9.78 Å². The van der Waals surface area contributed by atoms with E-state index in [1.54, 1.807) is 23.9 Å². The Kier molecular flexibility index (Phi) is 4.25. The van der Waals surface area contributed by atoms with Crippen LogP contribution in [0.3, 0.4) is 0 Å². The molecule has 1 aromatic carbocycles. The summed E-state index contributed by atoms with van der Waals surface area (Å²) in [5.41, 5.74) is 6.47. The van der Waals surface area contributed by atoms with Crippen LogP contribution in [0.5, 0.6) is 11.5 Å². The fourth-order valence-electron chi connectivity index (χ4n) is 1.68. The number of ether oxygens (including phenoxy) is 2. The van der Waals surface area contributed by atoms with Gasteiger partial charge in [0.05, 0.1) is 20.3 Å². The topological polar surface area (TPSA) is 82.5 Å². The number of hydrogen-bond acceptors (Lipinski definition) is 5. The number of aliphatic hydroxyl groups excluding tert-OH is 1. The lowest BCUT2D eigenvalue weighted by Gasteiger charge is -2.06. The highest BCUT2D eigenvalue weighted by Gasteiger charge is 2.05.